The predicted octanol–water partition coefficient (Wildman–Crippen LogP) is 0.670. The second-order valence-electron chi connectivity index (χ2n) is 5.80. The summed E-state index contributed by atoms with van der Waals surface area (Å²) in [6, 6.07) is 0. The Labute approximate surface area is 104 Å². The van der Waals surface area contributed by atoms with E-state index in [9.17, 15) is 4.79 Å². The molecule has 0 atom stereocenters. The van der Waals surface area contributed by atoms with Crippen molar-refractivity contribution in [2.45, 2.75) is 32.1 Å². The van der Waals surface area contributed by atoms with Crippen LogP contribution in [0.4, 0.5) is 0 Å². The summed E-state index contributed by atoms with van der Waals surface area (Å²) >= 11 is 0. The molecule has 0 unspecified atom stereocenters. The van der Waals surface area contributed by atoms with Gasteiger partial charge in [0.25, 0.3) is 0 Å². The first-order valence-electron chi connectivity index (χ1n) is 6.82. The molecule has 2 fully saturated rings. The van der Waals surface area contributed by atoms with Crippen molar-refractivity contribution in [2.24, 2.45) is 11.1 Å². The molecule has 0 bridgehead atoms. The normalized spacial score (nSPS) is 22.2. The van der Waals surface area contributed by atoms with E-state index in [1.165, 1.54) is 25.7 Å². The summed E-state index contributed by atoms with van der Waals surface area (Å²) in [6.07, 6.45) is 6.02. The number of hydrogen-bond donors (Lipinski definition) is 1. The Hall–Kier alpha value is -0.610. The van der Waals surface area contributed by atoms with E-state index in [1.54, 1.807) is 0 Å². The van der Waals surface area contributed by atoms with E-state index in [0.717, 1.165) is 32.6 Å². The Morgan fingerprint density at radius 3 is 2.53 bits per heavy atom. The van der Waals surface area contributed by atoms with Crippen LogP contribution in [-0.2, 0) is 4.79 Å². The summed E-state index contributed by atoms with van der Waals surface area (Å²) in [7, 11) is 2.06. The van der Waals surface area contributed by atoms with Gasteiger partial charge in [-0.2, -0.15) is 0 Å². The minimum atomic E-state index is 0.300. The molecule has 1 saturated heterocycles. The molecule has 98 valence electrons. The van der Waals surface area contributed by atoms with E-state index in [2.05, 4.69) is 11.9 Å². The zero-order valence-electron chi connectivity index (χ0n) is 11.0. The molecule has 1 heterocycles. The molecule has 0 aromatic rings. The van der Waals surface area contributed by atoms with Gasteiger partial charge in [0.05, 0.1) is 6.54 Å². The van der Waals surface area contributed by atoms with Crippen molar-refractivity contribution in [2.75, 3.05) is 39.8 Å². The standard InChI is InChI=1S/C13H25N3O/c1-15(11-13(4-5-13)6-7-14)10-12(17)16-8-2-3-9-16/h2-11,14H2,1H3. The number of nitrogens with two attached hydrogens (primary N) is 1. The Balaban J connectivity index is 1.73. The fourth-order valence-corrected chi connectivity index (χ4v) is 2.90. The van der Waals surface area contributed by atoms with Crippen molar-refractivity contribution in [3.05, 3.63) is 0 Å². The van der Waals surface area contributed by atoms with Gasteiger partial charge >= 0.3 is 0 Å². The lowest BCUT2D eigenvalue weighted by atomic mass is 10.0. The van der Waals surface area contributed by atoms with Gasteiger partial charge in [-0.05, 0) is 51.1 Å². The van der Waals surface area contributed by atoms with E-state index in [-0.39, 0.29) is 0 Å². The van der Waals surface area contributed by atoms with Crippen LogP contribution >= 0.6 is 0 Å². The van der Waals surface area contributed by atoms with Crippen molar-refractivity contribution in [1.82, 2.24) is 9.80 Å². The van der Waals surface area contributed by atoms with Crippen LogP contribution < -0.4 is 5.73 Å². The Morgan fingerprint density at radius 2 is 2.00 bits per heavy atom. The highest BCUT2D eigenvalue weighted by Crippen LogP contribution is 2.48. The number of rotatable bonds is 6. The minimum absolute atomic E-state index is 0.300. The van der Waals surface area contributed by atoms with Crippen LogP contribution in [0.15, 0.2) is 0 Å². The first kappa shape index (κ1) is 12.8. The Morgan fingerprint density at radius 1 is 1.35 bits per heavy atom. The van der Waals surface area contributed by atoms with Gasteiger partial charge in [-0.1, -0.05) is 0 Å². The summed E-state index contributed by atoms with van der Waals surface area (Å²) in [5, 5.41) is 0. The van der Waals surface area contributed by atoms with Gasteiger partial charge in [0, 0.05) is 19.6 Å². The van der Waals surface area contributed by atoms with Crippen LogP contribution in [-0.4, -0.2) is 55.5 Å². The molecule has 0 radical (unpaired) electrons. The van der Waals surface area contributed by atoms with Gasteiger partial charge in [-0.15, -0.1) is 0 Å². The molecule has 4 heteroatoms. The molecule has 1 amide bonds. The van der Waals surface area contributed by atoms with Crippen LogP contribution in [0.5, 0.6) is 0 Å². The number of amides is 1. The fourth-order valence-electron chi connectivity index (χ4n) is 2.90. The molecule has 1 saturated carbocycles. The maximum absolute atomic E-state index is 12.0. The number of likely N-dealkylation sites (tertiary alicyclic amines) is 1. The summed E-state index contributed by atoms with van der Waals surface area (Å²) < 4.78 is 0. The average molecular weight is 239 g/mol. The topological polar surface area (TPSA) is 49.6 Å². The highest BCUT2D eigenvalue weighted by molar-refractivity contribution is 5.78. The molecule has 2 aliphatic rings. The number of nitrogens with zero attached hydrogens (tertiary/aromatic N) is 2. The Bertz CT molecular complexity index is 270. The SMILES string of the molecule is CN(CC(=O)N1CCCC1)CC1(CCN)CC1. The summed E-state index contributed by atoms with van der Waals surface area (Å²) in [5.41, 5.74) is 6.08. The molecule has 1 aliphatic heterocycles. The van der Waals surface area contributed by atoms with Crippen LogP contribution in [0.2, 0.25) is 0 Å². The molecule has 2 rings (SSSR count). The van der Waals surface area contributed by atoms with Gasteiger partial charge in [-0.3, -0.25) is 9.69 Å². The van der Waals surface area contributed by atoms with Crippen molar-refractivity contribution in [1.29, 1.82) is 0 Å². The third-order valence-electron chi connectivity index (χ3n) is 4.10. The zero-order valence-corrected chi connectivity index (χ0v) is 11.0. The van der Waals surface area contributed by atoms with Crippen LogP contribution in [0.3, 0.4) is 0 Å². The van der Waals surface area contributed by atoms with Crippen molar-refractivity contribution >= 4 is 5.91 Å². The van der Waals surface area contributed by atoms with Gasteiger partial charge in [0.1, 0.15) is 0 Å². The molecule has 17 heavy (non-hydrogen) atoms. The van der Waals surface area contributed by atoms with E-state index < -0.39 is 0 Å². The van der Waals surface area contributed by atoms with Gasteiger partial charge in [0.15, 0.2) is 0 Å². The molecule has 0 aromatic carbocycles. The lowest BCUT2D eigenvalue weighted by molar-refractivity contribution is -0.131. The number of carbonyl (C=O) groups is 1. The molecule has 4 nitrogen and oxygen atoms in total. The molecule has 0 spiro atoms. The van der Waals surface area contributed by atoms with Crippen molar-refractivity contribution < 1.29 is 4.79 Å². The zero-order chi connectivity index (χ0) is 12.3. The summed E-state index contributed by atoms with van der Waals surface area (Å²) in [5.74, 6) is 0.300. The lowest BCUT2D eigenvalue weighted by Gasteiger charge is -2.25. The van der Waals surface area contributed by atoms with Gasteiger partial charge < -0.3 is 10.6 Å². The highest BCUT2D eigenvalue weighted by Gasteiger charge is 2.42. The monoisotopic (exact) mass is 239 g/mol. The molecular weight excluding hydrogens is 214 g/mol. The average Bonchev–Trinajstić information content (AvgIpc) is 2.83. The van der Waals surface area contributed by atoms with Crippen LogP contribution in [0.25, 0.3) is 0 Å². The van der Waals surface area contributed by atoms with E-state index in [0.29, 0.717) is 17.9 Å². The lowest BCUT2D eigenvalue weighted by Crippen LogP contribution is -2.39. The van der Waals surface area contributed by atoms with Crippen molar-refractivity contribution in [3.8, 4) is 0 Å². The maximum Gasteiger partial charge on any atom is 0.236 e. The van der Waals surface area contributed by atoms with Crippen LogP contribution in [0, 0.1) is 5.41 Å². The first-order valence-corrected chi connectivity index (χ1v) is 6.82. The van der Waals surface area contributed by atoms with E-state index in [4.69, 9.17) is 5.73 Å². The van der Waals surface area contributed by atoms with Gasteiger partial charge in [-0.25, -0.2) is 0 Å². The molecule has 1 aliphatic carbocycles. The second kappa shape index (κ2) is 5.36. The molecule has 0 aromatic heterocycles. The summed E-state index contributed by atoms with van der Waals surface area (Å²) in [6.45, 7) is 4.30. The molecule has 2 N–H and O–H groups in total. The Kier molecular flexibility index (Phi) is 4.05. The van der Waals surface area contributed by atoms with E-state index >= 15 is 0 Å². The smallest absolute Gasteiger partial charge is 0.236 e. The van der Waals surface area contributed by atoms with Crippen molar-refractivity contribution in [3.63, 3.8) is 0 Å². The number of hydrogen-bond acceptors (Lipinski definition) is 3. The highest BCUT2D eigenvalue weighted by atomic mass is 16.2. The minimum Gasteiger partial charge on any atom is -0.342 e. The van der Waals surface area contributed by atoms with Crippen LogP contribution in [0.1, 0.15) is 32.1 Å². The number of likely N-dealkylation sites (N-methyl/N-ethyl adjacent to an activating group) is 1. The second-order valence-corrected chi connectivity index (χ2v) is 5.80. The number of carbonyl (C=O) groups excluding carboxylic acids is 1. The maximum atomic E-state index is 12.0. The third-order valence-corrected chi connectivity index (χ3v) is 4.10. The third kappa shape index (κ3) is 3.42. The predicted molar refractivity (Wildman–Crippen MR) is 68.6 cm³/mol. The molecular formula is C13H25N3O. The largest absolute Gasteiger partial charge is 0.342 e. The first-order chi connectivity index (χ1) is 8.15. The van der Waals surface area contributed by atoms with Gasteiger partial charge in [0.2, 0.25) is 5.91 Å². The quantitative estimate of drug-likeness (QED) is 0.741. The summed E-state index contributed by atoms with van der Waals surface area (Å²) in [4.78, 5) is 16.2. The fraction of sp³-hybridized carbons (Fsp3) is 0.923. The van der Waals surface area contributed by atoms with E-state index in [1.807, 2.05) is 4.90 Å².